The molecule has 1 N–H and O–H groups in total. The first-order valence-corrected chi connectivity index (χ1v) is 11.1. The van der Waals surface area contributed by atoms with E-state index >= 15 is 0 Å². The van der Waals surface area contributed by atoms with Crippen LogP contribution in [0.4, 0.5) is 5.69 Å². The number of hydrogen-bond acceptors (Lipinski definition) is 4. The van der Waals surface area contributed by atoms with Gasteiger partial charge in [0.1, 0.15) is 5.75 Å². The topological polar surface area (TPSA) is 56.8 Å². The fourth-order valence-corrected chi connectivity index (χ4v) is 3.93. The van der Waals surface area contributed by atoms with E-state index in [1.165, 1.54) is 5.56 Å². The number of ether oxygens (including phenoxy) is 3. The predicted molar refractivity (Wildman–Crippen MR) is 124 cm³/mol. The number of aryl methyl sites for hydroxylation is 1. The van der Waals surface area contributed by atoms with Crippen molar-refractivity contribution in [1.82, 2.24) is 0 Å². The van der Waals surface area contributed by atoms with Gasteiger partial charge in [-0.3, -0.25) is 4.79 Å². The lowest BCUT2D eigenvalue weighted by Crippen LogP contribution is -2.44. The van der Waals surface area contributed by atoms with Crippen LogP contribution in [0.2, 0.25) is 5.02 Å². The molecule has 1 aliphatic rings. The molecule has 3 rings (SSSR count). The Balaban J connectivity index is 1.72. The van der Waals surface area contributed by atoms with Crippen molar-refractivity contribution >= 4 is 23.2 Å². The summed E-state index contributed by atoms with van der Waals surface area (Å²) in [6.45, 7) is 7.68. The fraction of sp³-hybridized carbons (Fsp3) is 0.480. The number of methoxy groups -OCH3 is 1. The van der Waals surface area contributed by atoms with Gasteiger partial charge in [-0.1, -0.05) is 41.4 Å². The Morgan fingerprint density at radius 3 is 2.45 bits per heavy atom. The predicted octanol–water partition coefficient (Wildman–Crippen LogP) is 5.53. The van der Waals surface area contributed by atoms with Crippen molar-refractivity contribution in [3.8, 4) is 5.75 Å². The second kappa shape index (κ2) is 10.0. The van der Waals surface area contributed by atoms with E-state index in [0.717, 1.165) is 12.0 Å². The molecule has 31 heavy (non-hydrogen) atoms. The molecule has 0 spiro atoms. The van der Waals surface area contributed by atoms with Crippen LogP contribution in [0.25, 0.3) is 0 Å². The summed E-state index contributed by atoms with van der Waals surface area (Å²) < 4.78 is 16.8. The van der Waals surface area contributed by atoms with Gasteiger partial charge >= 0.3 is 0 Å². The zero-order chi connectivity index (χ0) is 22.5. The summed E-state index contributed by atoms with van der Waals surface area (Å²) in [5, 5.41) is 3.53. The Bertz CT molecular complexity index is 889. The lowest BCUT2D eigenvalue weighted by Gasteiger charge is -2.36. The third-order valence-electron chi connectivity index (χ3n) is 6.09. The minimum atomic E-state index is -0.612. The second-order valence-electron chi connectivity index (χ2n) is 8.72. The number of anilines is 1. The molecule has 1 saturated heterocycles. The van der Waals surface area contributed by atoms with Crippen LogP contribution >= 0.6 is 11.6 Å². The number of carbonyl (C=O) groups excluding carboxylic acids is 1. The Morgan fingerprint density at radius 2 is 1.84 bits per heavy atom. The molecule has 2 aromatic carbocycles. The smallest absolute Gasteiger partial charge is 0.235 e. The maximum Gasteiger partial charge on any atom is 0.235 e. The first kappa shape index (κ1) is 23.6. The minimum absolute atomic E-state index is 0.0359. The molecular weight excluding hydrogens is 414 g/mol. The number of benzene rings is 2. The van der Waals surface area contributed by atoms with E-state index in [1.807, 2.05) is 51.1 Å². The highest BCUT2D eigenvalue weighted by molar-refractivity contribution is 6.32. The van der Waals surface area contributed by atoms with E-state index in [0.29, 0.717) is 49.1 Å². The van der Waals surface area contributed by atoms with Gasteiger partial charge in [-0.05, 0) is 57.4 Å². The van der Waals surface area contributed by atoms with Gasteiger partial charge in [0.15, 0.2) is 0 Å². The number of rotatable bonds is 8. The van der Waals surface area contributed by atoms with Gasteiger partial charge in [0.05, 0.1) is 22.6 Å². The van der Waals surface area contributed by atoms with Crippen LogP contribution in [0.1, 0.15) is 44.2 Å². The first-order valence-electron chi connectivity index (χ1n) is 10.7. The summed E-state index contributed by atoms with van der Waals surface area (Å²) in [6, 6.07) is 13.5. The number of halogens is 1. The van der Waals surface area contributed by atoms with Crippen LogP contribution in [0.3, 0.4) is 0 Å². The van der Waals surface area contributed by atoms with E-state index in [2.05, 4.69) is 5.32 Å². The van der Waals surface area contributed by atoms with Crippen LogP contribution in [0.5, 0.6) is 5.75 Å². The van der Waals surface area contributed by atoms with Crippen LogP contribution in [0.15, 0.2) is 42.5 Å². The molecule has 1 heterocycles. The molecule has 0 unspecified atom stereocenters. The molecule has 1 aliphatic heterocycles. The molecule has 1 fully saturated rings. The van der Waals surface area contributed by atoms with Gasteiger partial charge in [-0.2, -0.15) is 0 Å². The number of carbonyl (C=O) groups is 1. The molecule has 6 heteroatoms. The normalized spacial score (nSPS) is 16.0. The Hall–Kier alpha value is -2.08. The number of hydrogen-bond donors (Lipinski definition) is 1. The monoisotopic (exact) mass is 445 g/mol. The van der Waals surface area contributed by atoms with Crippen LogP contribution < -0.4 is 10.1 Å². The van der Waals surface area contributed by atoms with Crippen molar-refractivity contribution in [2.45, 2.75) is 51.0 Å². The van der Waals surface area contributed by atoms with Gasteiger partial charge in [0, 0.05) is 32.4 Å². The Labute approximate surface area is 190 Å². The van der Waals surface area contributed by atoms with Crippen molar-refractivity contribution in [2.24, 2.45) is 0 Å². The van der Waals surface area contributed by atoms with Crippen LogP contribution in [0, 0.1) is 6.92 Å². The number of nitrogens with one attached hydrogen (secondary N) is 1. The number of amides is 1. The molecule has 1 amide bonds. The van der Waals surface area contributed by atoms with Crippen molar-refractivity contribution in [2.75, 3.05) is 32.2 Å². The van der Waals surface area contributed by atoms with Gasteiger partial charge < -0.3 is 19.5 Å². The summed E-state index contributed by atoms with van der Waals surface area (Å²) in [4.78, 5) is 13.4. The molecule has 0 radical (unpaired) electrons. The van der Waals surface area contributed by atoms with Crippen molar-refractivity contribution in [1.29, 1.82) is 0 Å². The highest BCUT2D eigenvalue weighted by Crippen LogP contribution is 2.37. The fourth-order valence-electron chi connectivity index (χ4n) is 3.69. The Morgan fingerprint density at radius 1 is 1.16 bits per heavy atom. The third kappa shape index (κ3) is 5.79. The van der Waals surface area contributed by atoms with E-state index in [4.69, 9.17) is 25.8 Å². The zero-order valence-electron chi connectivity index (χ0n) is 18.8. The van der Waals surface area contributed by atoms with Crippen molar-refractivity contribution in [3.05, 3.63) is 58.6 Å². The SMILES string of the molecule is COC(C)(C)CCOc1ccc(NC(=O)C2(c3ccc(C)cc3)CCOCC2)cc1Cl. The van der Waals surface area contributed by atoms with Gasteiger partial charge in [0.2, 0.25) is 5.91 Å². The van der Waals surface area contributed by atoms with Crippen molar-refractivity contribution in [3.63, 3.8) is 0 Å². The third-order valence-corrected chi connectivity index (χ3v) is 6.38. The van der Waals surface area contributed by atoms with E-state index in [9.17, 15) is 4.79 Å². The van der Waals surface area contributed by atoms with Gasteiger partial charge in [-0.25, -0.2) is 0 Å². The summed E-state index contributed by atoms with van der Waals surface area (Å²) >= 11 is 6.42. The summed E-state index contributed by atoms with van der Waals surface area (Å²) in [7, 11) is 1.69. The average Bonchev–Trinajstić information content (AvgIpc) is 2.76. The summed E-state index contributed by atoms with van der Waals surface area (Å²) in [5.74, 6) is 0.553. The van der Waals surface area contributed by atoms with Gasteiger partial charge in [0.25, 0.3) is 0 Å². The second-order valence-corrected chi connectivity index (χ2v) is 9.13. The lowest BCUT2D eigenvalue weighted by molar-refractivity contribution is -0.125. The van der Waals surface area contributed by atoms with Gasteiger partial charge in [-0.15, -0.1) is 0 Å². The molecular formula is C25H32ClNO4. The molecule has 0 saturated carbocycles. The Kier molecular flexibility index (Phi) is 7.63. The highest BCUT2D eigenvalue weighted by atomic mass is 35.5. The largest absolute Gasteiger partial charge is 0.492 e. The molecule has 168 valence electrons. The molecule has 0 atom stereocenters. The van der Waals surface area contributed by atoms with Crippen LogP contribution in [-0.2, 0) is 19.7 Å². The molecule has 0 aromatic heterocycles. The van der Waals surface area contributed by atoms with E-state index < -0.39 is 5.41 Å². The first-order chi connectivity index (χ1) is 14.8. The summed E-state index contributed by atoms with van der Waals surface area (Å²) in [6.07, 6.45) is 2.03. The summed E-state index contributed by atoms with van der Waals surface area (Å²) in [5.41, 5.74) is 1.97. The molecule has 2 aromatic rings. The minimum Gasteiger partial charge on any atom is -0.492 e. The average molecular weight is 446 g/mol. The molecule has 5 nitrogen and oxygen atoms in total. The van der Waals surface area contributed by atoms with Crippen LogP contribution in [-0.4, -0.2) is 38.4 Å². The maximum absolute atomic E-state index is 13.4. The highest BCUT2D eigenvalue weighted by Gasteiger charge is 2.41. The standard InChI is InChI=1S/C25H32ClNO4/c1-18-5-7-19(8-6-18)25(12-14-30-15-13-25)23(28)27-20-9-10-22(21(26)17-20)31-16-11-24(2,3)29-4/h5-10,17H,11-16H2,1-4H3,(H,27,28). The zero-order valence-corrected chi connectivity index (χ0v) is 19.6. The quantitative estimate of drug-likeness (QED) is 0.580. The maximum atomic E-state index is 13.4. The molecule has 0 aliphatic carbocycles. The van der Waals surface area contributed by atoms with Crippen molar-refractivity contribution < 1.29 is 19.0 Å². The lowest BCUT2D eigenvalue weighted by atomic mass is 9.73. The van der Waals surface area contributed by atoms with E-state index in [1.54, 1.807) is 19.2 Å². The van der Waals surface area contributed by atoms with E-state index in [-0.39, 0.29) is 11.5 Å². The molecule has 0 bridgehead atoms.